The van der Waals surface area contributed by atoms with E-state index < -0.39 is 5.41 Å². The summed E-state index contributed by atoms with van der Waals surface area (Å²) in [5.74, 6) is 1.93. The first-order valence-electron chi connectivity index (χ1n) is 25.5. The van der Waals surface area contributed by atoms with Gasteiger partial charge in [-0.15, -0.1) is 11.3 Å². The van der Waals surface area contributed by atoms with Gasteiger partial charge in [-0.2, -0.15) is 0 Å². The van der Waals surface area contributed by atoms with Crippen molar-refractivity contribution in [2.24, 2.45) is 0 Å². The van der Waals surface area contributed by atoms with Crippen molar-refractivity contribution < 1.29 is 4.42 Å². The highest BCUT2D eigenvalue weighted by Crippen LogP contribution is 2.64. The van der Waals surface area contributed by atoms with Gasteiger partial charge in [0.1, 0.15) is 16.9 Å². The van der Waals surface area contributed by atoms with Crippen molar-refractivity contribution in [1.29, 1.82) is 0 Å². The van der Waals surface area contributed by atoms with Gasteiger partial charge in [0.25, 0.3) is 6.71 Å². The molecule has 0 radical (unpaired) electrons. The van der Waals surface area contributed by atoms with Gasteiger partial charge >= 0.3 is 0 Å². The minimum atomic E-state index is -0.623. The van der Waals surface area contributed by atoms with E-state index in [1.54, 1.807) is 0 Å². The molecule has 2 aliphatic heterocycles. The van der Waals surface area contributed by atoms with E-state index in [1.807, 2.05) is 17.5 Å². The molecule has 6 aromatic carbocycles. The molecule has 3 aromatic heterocycles. The zero-order valence-corrected chi connectivity index (χ0v) is 44.3. The molecule has 1 atom stereocenters. The number of nitrogens with zero attached hydrogens (tertiary/aromatic N) is 3. The van der Waals surface area contributed by atoms with Crippen molar-refractivity contribution in [3.63, 3.8) is 0 Å². The van der Waals surface area contributed by atoms with Crippen LogP contribution in [0.4, 0.5) is 34.1 Å². The Morgan fingerprint density at radius 2 is 1.10 bits per heavy atom. The minimum absolute atomic E-state index is 0.00699. The smallest absolute Gasteiger partial charge is 0.264 e. The van der Waals surface area contributed by atoms with E-state index in [2.05, 4.69) is 233 Å². The van der Waals surface area contributed by atoms with Crippen molar-refractivity contribution in [3.05, 3.63) is 190 Å². The highest BCUT2D eigenvalue weighted by atomic mass is 32.1. The standard InChI is InChI=1S/C65H62BN3OS/c1-37-30-47-45-28-29-67-36-51(45)65(59(47)70-37)49-17-15-14-16-44(49)46-34-48-56(35-50(46)65)71-60-58(48)69(43-25-20-39(21-26-43)62(5,6)7)55-33-41(64(11,12)13)32-54-57(55)66(60)52-27-22-40(63(8,9)10)31-53(52)68(54)42-23-18-38(19-24-42)61(2,3)4/h14-36H,1-13H3. The molecule has 13 rings (SSSR count). The van der Waals surface area contributed by atoms with E-state index in [0.29, 0.717) is 0 Å². The van der Waals surface area contributed by atoms with E-state index >= 15 is 0 Å². The van der Waals surface area contributed by atoms with Crippen molar-refractivity contribution in [1.82, 2.24) is 4.98 Å². The summed E-state index contributed by atoms with van der Waals surface area (Å²) in [6, 6.07) is 49.8. The van der Waals surface area contributed by atoms with Gasteiger partial charge in [-0.3, -0.25) is 4.98 Å². The summed E-state index contributed by atoms with van der Waals surface area (Å²) < 4.78 is 9.55. The first kappa shape index (κ1) is 44.3. The molecule has 1 unspecified atom stereocenters. The molecular formula is C65H62BN3OS. The molecule has 0 saturated heterocycles. The van der Waals surface area contributed by atoms with Crippen molar-refractivity contribution in [3.8, 4) is 22.3 Å². The SMILES string of the molecule is Cc1cc2c(o1)C1(c3ccccc3-c3cc4c5c(sc4cc31)B1c3ccc(C(C)(C)C)cc3N(c3ccc(C(C)(C)C)cc3)c3cc(C(C)(C)C)cc(c31)N5c1ccc(C(C)(C)C)cc1)c1cnccc1-2. The van der Waals surface area contributed by atoms with Crippen LogP contribution in [-0.2, 0) is 27.1 Å². The van der Waals surface area contributed by atoms with Crippen LogP contribution in [0.15, 0.2) is 144 Å². The molecule has 4 nitrogen and oxygen atoms in total. The maximum atomic E-state index is 6.90. The number of rotatable bonds is 2. The van der Waals surface area contributed by atoms with E-state index in [1.165, 1.54) is 121 Å². The number of hydrogen-bond acceptors (Lipinski definition) is 5. The van der Waals surface area contributed by atoms with Crippen LogP contribution in [0.3, 0.4) is 0 Å². The normalized spacial score (nSPS) is 16.5. The van der Waals surface area contributed by atoms with Crippen LogP contribution in [0.1, 0.15) is 134 Å². The quantitative estimate of drug-likeness (QED) is 0.162. The minimum Gasteiger partial charge on any atom is -0.464 e. The highest BCUT2D eigenvalue weighted by Gasteiger charge is 2.55. The molecule has 4 aliphatic rings. The van der Waals surface area contributed by atoms with Gasteiger partial charge in [-0.25, -0.2) is 0 Å². The fraction of sp³-hybridized carbons (Fsp3) is 0.277. The lowest BCUT2D eigenvalue weighted by molar-refractivity contribution is 0.452. The third-order valence-electron chi connectivity index (χ3n) is 16.3. The summed E-state index contributed by atoms with van der Waals surface area (Å²) in [5.41, 5.74) is 23.2. The summed E-state index contributed by atoms with van der Waals surface area (Å²) in [4.78, 5) is 10.1. The maximum absolute atomic E-state index is 6.90. The van der Waals surface area contributed by atoms with Gasteiger partial charge in [0.05, 0.1) is 5.69 Å². The van der Waals surface area contributed by atoms with Crippen LogP contribution in [0.2, 0.25) is 0 Å². The van der Waals surface area contributed by atoms with Gasteiger partial charge in [0.15, 0.2) is 0 Å². The van der Waals surface area contributed by atoms with E-state index in [4.69, 9.17) is 9.40 Å². The molecule has 0 fully saturated rings. The van der Waals surface area contributed by atoms with Crippen molar-refractivity contribution in [2.75, 3.05) is 9.80 Å². The van der Waals surface area contributed by atoms with Crippen LogP contribution in [0.25, 0.3) is 32.3 Å². The summed E-state index contributed by atoms with van der Waals surface area (Å²) in [7, 11) is 0. The van der Waals surface area contributed by atoms with Crippen molar-refractivity contribution >= 4 is 78.0 Å². The van der Waals surface area contributed by atoms with Crippen LogP contribution in [0.5, 0.6) is 0 Å². The fourth-order valence-electron chi connectivity index (χ4n) is 12.5. The molecule has 71 heavy (non-hydrogen) atoms. The Bertz CT molecular complexity index is 3710. The lowest BCUT2D eigenvalue weighted by Crippen LogP contribution is -2.60. The molecule has 5 heterocycles. The lowest BCUT2D eigenvalue weighted by atomic mass is 9.36. The molecule has 0 amide bonds. The van der Waals surface area contributed by atoms with Gasteiger partial charge in [-0.1, -0.05) is 144 Å². The summed E-state index contributed by atoms with van der Waals surface area (Å²) >= 11 is 1.98. The molecule has 0 N–H and O–H groups in total. The number of benzene rings is 6. The second kappa shape index (κ2) is 14.5. The average Bonchev–Trinajstić information content (AvgIpc) is 4.04. The zero-order valence-electron chi connectivity index (χ0n) is 43.5. The summed E-state index contributed by atoms with van der Waals surface area (Å²) in [5, 5.41) is 1.28. The number of thiophene rings is 1. The third kappa shape index (κ3) is 6.19. The Kier molecular flexibility index (Phi) is 9.06. The first-order valence-corrected chi connectivity index (χ1v) is 26.4. The number of pyridine rings is 1. The zero-order chi connectivity index (χ0) is 49.5. The van der Waals surface area contributed by atoms with Crippen LogP contribution in [0, 0.1) is 6.92 Å². The molecule has 0 bridgehead atoms. The Balaban J connectivity index is 1.15. The van der Waals surface area contributed by atoms with Crippen LogP contribution < -0.4 is 25.5 Å². The molecular weight excluding hydrogens is 882 g/mol. The molecule has 9 aromatic rings. The Labute approximate surface area is 424 Å². The number of aryl methyl sites for hydroxylation is 1. The summed E-state index contributed by atoms with van der Waals surface area (Å²) in [6.07, 6.45) is 4.02. The lowest BCUT2D eigenvalue weighted by Gasteiger charge is -2.44. The Morgan fingerprint density at radius 1 is 0.521 bits per heavy atom. The second-order valence-electron chi connectivity index (χ2n) is 24.9. The van der Waals surface area contributed by atoms with E-state index in [9.17, 15) is 0 Å². The van der Waals surface area contributed by atoms with Crippen LogP contribution >= 0.6 is 11.3 Å². The van der Waals surface area contributed by atoms with Crippen LogP contribution in [-0.4, -0.2) is 11.7 Å². The molecule has 6 heteroatoms. The van der Waals surface area contributed by atoms with E-state index in [0.717, 1.165) is 11.5 Å². The fourth-order valence-corrected chi connectivity index (χ4v) is 13.8. The molecule has 352 valence electrons. The first-order chi connectivity index (χ1) is 33.6. The Hall–Kier alpha value is -6.63. The number of furan rings is 1. The number of fused-ring (bicyclic) bond motifs is 16. The monoisotopic (exact) mass is 943 g/mol. The predicted octanol–water partition coefficient (Wildman–Crippen LogP) is 15.8. The largest absolute Gasteiger partial charge is 0.464 e. The topological polar surface area (TPSA) is 32.5 Å². The van der Waals surface area contributed by atoms with E-state index in [-0.39, 0.29) is 28.4 Å². The summed E-state index contributed by atoms with van der Waals surface area (Å²) in [6.45, 7) is 30.0. The Morgan fingerprint density at radius 3 is 1.75 bits per heavy atom. The van der Waals surface area contributed by atoms with Gasteiger partial charge in [0, 0.05) is 66.8 Å². The maximum Gasteiger partial charge on any atom is 0.264 e. The molecule has 1 spiro atoms. The third-order valence-corrected chi connectivity index (χ3v) is 17.5. The second-order valence-corrected chi connectivity index (χ2v) is 26.0. The van der Waals surface area contributed by atoms with Gasteiger partial charge < -0.3 is 14.2 Å². The molecule has 2 aliphatic carbocycles. The predicted molar refractivity (Wildman–Crippen MR) is 302 cm³/mol. The number of aromatic nitrogens is 1. The highest BCUT2D eigenvalue weighted by molar-refractivity contribution is 7.33. The molecule has 0 saturated carbocycles. The number of anilines is 6. The van der Waals surface area contributed by atoms with Gasteiger partial charge in [0.2, 0.25) is 0 Å². The number of hydrogen-bond donors (Lipinski definition) is 0. The van der Waals surface area contributed by atoms with Gasteiger partial charge in [-0.05, 0) is 156 Å². The average molecular weight is 944 g/mol. The van der Waals surface area contributed by atoms with Crippen molar-refractivity contribution in [2.45, 2.75) is 117 Å².